The standard InChI is InChI=1S/C21H24N4O/c1-15-13-20(24-16(2)19(15)14-22)17-5-7-18(8-6-17)21(26)23-9-12-25-10-3-4-11-25/h5-8,13H,3-4,9-12H2,1-2H3,(H,23,26). The summed E-state index contributed by atoms with van der Waals surface area (Å²) < 4.78 is 0. The van der Waals surface area contributed by atoms with Crippen molar-refractivity contribution in [3.63, 3.8) is 0 Å². The van der Waals surface area contributed by atoms with Gasteiger partial charge in [-0.05, 0) is 63.5 Å². The van der Waals surface area contributed by atoms with Crippen LogP contribution in [0.3, 0.4) is 0 Å². The number of nitrogens with one attached hydrogen (secondary N) is 1. The topological polar surface area (TPSA) is 69.0 Å². The zero-order valence-electron chi connectivity index (χ0n) is 15.4. The van der Waals surface area contributed by atoms with Gasteiger partial charge in [0.25, 0.3) is 5.91 Å². The van der Waals surface area contributed by atoms with E-state index in [0.717, 1.165) is 42.1 Å². The molecule has 1 aromatic heterocycles. The molecule has 5 heteroatoms. The summed E-state index contributed by atoms with van der Waals surface area (Å²) in [6, 6.07) is 11.6. The van der Waals surface area contributed by atoms with Crippen LogP contribution < -0.4 is 5.32 Å². The smallest absolute Gasteiger partial charge is 0.251 e. The minimum Gasteiger partial charge on any atom is -0.351 e. The third kappa shape index (κ3) is 4.09. The van der Waals surface area contributed by atoms with Crippen molar-refractivity contribution in [2.24, 2.45) is 0 Å². The zero-order valence-corrected chi connectivity index (χ0v) is 15.4. The highest BCUT2D eigenvalue weighted by atomic mass is 16.1. The van der Waals surface area contributed by atoms with E-state index in [-0.39, 0.29) is 5.91 Å². The van der Waals surface area contributed by atoms with Crippen molar-refractivity contribution in [2.45, 2.75) is 26.7 Å². The number of aromatic nitrogens is 1. The molecular weight excluding hydrogens is 324 g/mol. The van der Waals surface area contributed by atoms with Gasteiger partial charge < -0.3 is 10.2 Å². The number of pyridine rings is 1. The first-order valence-electron chi connectivity index (χ1n) is 9.08. The van der Waals surface area contributed by atoms with Gasteiger partial charge in [-0.2, -0.15) is 5.26 Å². The van der Waals surface area contributed by atoms with Crippen molar-refractivity contribution in [2.75, 3.05) is 26.2 Å². The lowest BCUT2D eigenvalue weighted by Gasteiger charge is -2.14. The van der Waals surface area contributed by atoms with Gasteiger partial charge in [0, 0.05) is 24.2 Å². The maximum Gasteiger partial charge on any atom is 0.251 e. The molecule has 0 atom stereocenters. The normalized spacial score (nSPS) is 14.2. The molecule has 3 rings (SSSR count). The Hall–Kier alpha value is -2.71. The maximum absolute atomic E-state index is 12.3. The second-order valence-electron chi connectivity index (χ2n) is 6.78. The fourth-order valence-electron chi connectivity index (χ4n) is 3.38. The molecule has 1 aliphatic heterocycles. The largest absolute Gasteiger partial charge is 0.351 e. The molecule has 1 aromatic carbocycles. The number of nitrogens with zero attached hydrogens (tertiary/aromatic N) is 3. The fourth-order valence-corrected chi connectivity index (χ4v) is 3.38. The molecule has 5 nitrogen and oxygen atoms in total. The minimum absolute atomic E-state index is 0.0455. The molecule has 26 heavy (non-hydrogen) atoms. The molecule has 2 heterocycles. The number of likely N-dealkylation sites (tertiary alicyclic amines) is 1. The predicted octanol–water partition coefficient (Wildman–Crippen LogP) is 3.06. The molecule has 0 spiro atoms. The van der Waals surface area contributed by atoms with E-state index in [4.69, 9.17) is 5.26 Å². The van der Waals surface area contributed by atoms with Gasteiger partial charge in [-0.3, -0.25) is 9.78 Å². The molecular formula is C21H24N4O. The number of rotatable bonds is 5. The van der Waals surface area contributed by atoms with E-state index in [1.165, 1.54) is 12.8 Å². The highest BCUT2D eigenvalue weighted by Crippen LogP contribution is 2.22. The van der Waals surface area contributed by atoms with E-state index < -0.39 is 0 Å². The van der Waals surface area contributed by atoms with Crippen LogP contribution in [0.4, 0.5) is 0 Å². The van der Waals surface area contributed by atoms with Gasteiger partial charge in [-0.15, -0.1) is 0 Å². The van der Waals surface area contributed by atoms with Crippen LogP contribution in [0.2, 0.25) is 0 Å². The second-order valence-corrected chi connectivity index (χ2v) is 6.78. The van der Waals surface area contributed by atoms with Crippen LogP contribution in [0.1, 0.15) is 40.0 Å². The second kappa shape index (κ2) is 8.11. The SMILES string of the molecule is Cc1cc(-c2ccc(C(=O)NCCN3CCCC3)cc2)nc(C)c1C#N. The Balaban J connectivity index is 1.64. The highest BCUT2D eigenvalue weighted by Gasteiger charge is 2.12. The first-order valence-corrected chi connectivity index (χ1v) is 9.08. The van der Waals surface area contributed by atoms with Crippen molar-refractivity contribution < 1.29 is 4.79 Å². The number of nitriles is 1. The van der Waals surface area contributed by atoms with Gasteiger partial charge >= 0.3 is 0 Å². The van der Waals surface area contributed by atoms with Crippen molar-refractivity contribution in [3.05, 3.63) is 52.7 Å². The summed E-state index contributed by atoms with van der Waals surface area (Å²) in [5.74, 6) is -0.0455. The molecule has 0 aliphatic carbocycles. The summed E-state index contributed by atoms with van der Waals surface area (Å²) in [6.07, 6.45) is 2.52. The molecule has 0 saturated carbocycles. The molecule has 1 aliphatic rings. The van der Waals surface area contributed by atoms with Crippen LogP contribution in [0.15, 0.2) is 30.3 Å². The Labute approximate surface area is 154 Å². The Kier molecular flexibility index (Phi) is 5.65. The number of carbonyl (C=O) groups is 1. The monoisotopic (exact) mass is 348 g/mol. The van der Waals surface area contributed by atoms with E-state index in [0.29, 0.717) is 17.7 Å². The summed E-state index contributed by atoms with van der Waals surface area (Å²) in [5.41, 5.74) is 4.68. The summed E-state index contributed by atoms with van der Waals surface area (Å²) in [5, 5.41) is 12.1. The Morgan fingerprint density at radius 3 is 2.54 bits per heavy atom. The number of hydrogen-bond donors (Lipinski definition) is 1. The number of aryl methyl sites for hydroxylation is 2. The molecule has 1 fully saturated rings. The zero-order chi connectivity index (χ0) is 18.5. The molecule has 1 amide bonds. The van der Waals surface area contributed by atoms with Gasteiger partial charge in [0.15, 0.2) is 0 Å². The van der Waals surface area contributed by atoms with Crippen LogP contribution in [0, 0.1) is 25.2 Å². The van der Waals surface area contributed by atoms with Crippen molar-refractivity contribution in [1.82, 2.24) is 15.2 Å². The van der Waals surface area contributed by atoms with E-state index >= 15 is 0 Å². The van der Waals surface area contributed by atoms with Crippen LogP contribution >= 0.6 is 0 Å². The summed E-state index contributed by atoms with van der Waals surface area (Å²) in [4.78, 5) is 19.2. The van der Waals surface area contributed by atoms with E-state index in [9.17, 15) is 4.79 Å². The van der Waals surface area contributed by atoms with Gasteiger partial charge in [0.1, 0.15) is 6.07 Å². The Bertz CT molecular complexity index is 807. The lowest BCUT2D eigenvalue weighted by molar-refractivity contribution is 0.0950. The van der Waals surface area contributed by atoms with E-state index in [1.807, 2.05) is 44.2 Å². The van der Waals surface area contributed by atoms with Crippen molar-refractivity contribution >= 4 is 5.91 Å². The van der Waals surface area contributed by atoms with Crippen LogP contribution in [0.5, 0.6) is 0 Å². The molecule has 0 radical (unpaired) electrons. The average molecular weight is 348 g/mol. The average Bonchev–Trinajstić information content (AvgIpc) is 3.15. The first-order chi connectivity index (χ1) is 12.6. The summed E-state index contributed by atoms with van der Waals surface area (Å²) in [7, 11) is 0. The number of carbonyl (C=O) groups excluding carboxylic acids is 1. The summed E-state index contributed by atoms with van der Waals surface area (Å²) in [6.45, 7) is 7.63. The first kappa shape index (κ1) is 18.1. The van der Waals surface area contributed by atoms with Crippen LogP contribution in [0.25, 0.3) is 11.3 Å². The number of hydrogen-bond acceptors (Lipinski definition) is 4. The fraction of sp³-hybridized carbons (Fsp3) is 0.381. The van der Waals surface area contributed by atoms with Crippen LogP contribution in [-0.4, -0.2) is 42.0 Å². The third-order valence-corrected chi connectivity index (χ3v) is 4.86. The molecule has 0 unspecified atom stereocenters. The lowest BCUT2D eigenvalue weighted by Crippen LogP contribution is -2.33. The van der Waals surface area contributed by atoms with Crippen LogP contribution in [-0.2, 0) is 0 Å². The molecule has 1 saturated heterocycles. The summed E-state index contributed by atoms with van der Waals surface area (Å²) >= 11 is 0. The lowest BCUT2D eigenvalue weighted by atomic mass is 10.0. The highest BCUT2D eigenvalue weighted by molar-refractivity contribution is 5.94. The van der Waals surface area contributed by atoms with Crippen molar-refractivity contribution in [1.29, 1.82) is 5.26 Å². The van der Waals surface area contributed by atoms with Crippen molar-refractivity contribution in [3.8, 4) is 17.3 Å². The van der Waals surface area contributed by atoms with E-state index in [1.54, 1.807) is 0 Å². The Morgan fingerprint density at radius 2 is 1.92 bits per heavy atom. The minimum atomic E-state index is -0.0455. The molecule has 0 bridgehead atoms. The molecule has 1 N–H and O–H groups in total. The quantitative estimate of drug-likeness (QED) is 0.902. The third-order valence-electron chi connectivity index (χ3n) is 4.86. The predicted molar refractivity (Wildman–Crippen MR) is 102 cm³/mol. The van der Waals surface area contributed by atoms with Gasteiger partial charge in [0.2, 0.25) is 0 Å². The number of benzene rings is 1. The maximum atomic E-state index is 12.3. The molecule has 134 valence electrons. The van der Waals surface area contributed by atoms with Gasteiger partial charge in [-0.1, -0.05) is 12.1 Å². The Morgan fingerprint density at radius 1 is 1.23 bits per heavy atom. The van der Waals surface area contributed by atoms with Gasteiger partial charge in [-0.25, -0.2) is 0 Å². The van der Waals surface area contributed by atoms with Gasteiger partial charge in [0.05, 0.1) is 17.0 Å². The molecule has 2 aromatic rings. The van der Waals surface area contributed by atoms with E-state index in [2.05, 4.69) is 21.3 Å². The number of amides is 1.